The van der Waals surface area contributed by atoms with Gasteiger partial charge in [-0.25, -0.2) is 8.42 Å². The number of hydrogen-bond acceptors (Lipinski definition) is 4. The minimum absolute atomic E-state index is 0.127. The Kier molecular flexibility index (Phi) is 3.37. The maximum Gasteiger partial charge on any atom is 0.231 e. The van der Waals surface area contributed by atoms with Gasteiger partial charge in [-0.15, -0.1) is 0 Å². The maximum atomic E-state index is 12.6. The lowest BCUT2D eigenvalue weighted by Crippen LogP contribution is -2.02. The molecule has 0 fully saturated rings. The minimum atomic E-state index is -3.54. The first kappa shape index (κ1) is 13.9. The van der Waals surface area contributed by atoms with E-state index >= 15 is 0 Å². The van der Waals surface area contributed by atoms with Crippen molar-refractivity contribution in [3.8, 4) is 11.5 Å². The van der Waals surface area contributed by atoms with Crippen molar-refractivity contribution in [3.05, 3.63) is 48.0 Å². The topological polar surface area (TPSA) is 52.6 Å². The molecule has 1 aliphatic heterocycles. The molecule has 0 spiro atoms. The van der Waals surface area contributed by atoms with Crippen molar-refractivity contribution >= 4 is 9.84 Å². The van der Waals surface area contributed by atoms with Crippen LogP contribution < -0.4 is 9.47 Å². The van der Waals surface area contributed by atoms with E-state index in [0.717, 1.165) is 5.56 Å². The Morgan fingerprint density at radius 1 is 0.905 bits per heavy atom. The lowest BCUT2D eigenvalue weighted by atomic mass is 10.0. The van der Waals surface area contributed by atoms with Gasteiger partial charge in [-0.2, -0.15) is 0 Å². The van der Waals surface area contributed by atoms with Crippen molar-refractivity contribution in [1.82, 2.24) is 0 Å². The van der Waals surface area contributed by atoms with Gasteiger partial charge in [0.1, 0.15) is 0 Å². The predicted octanol–water partition coefficient (Wildman–Crippen LogP) is 3.37. The standard InChI is InChI=1S/C16H16O4S/c1-11(2)12-3-5-13(6-4-12)21(17,18)14-7-8-15-16(9-14)20-10-19-15/h3-9,11H,10H2,1-2H3. The highest BCUT2D eigenvalue weighted by Crippen LogP contribution is 2.35. The molecule has 0 unspecified atom stereocenters. The number of hydrogen-bond donors (Lipinski definition) is 0. The third kappa shape index (κ3) is 2.49. The lowest BCUT2D eigenvalue weighted by Gasteiger charge is -2.08. The van der Waals surface area contributed by atoms with Crippen molar-refractivity contribution in [1.29, 1.82) is 0 Å². The molecule has 4 nitrogen and oxygen atoms in total. The van der Waals surface area contributed by atoms with Gasteiger partial charge in [0.25, 0.3) is 0 Å². The van der Waals surface area contributed by atoms with Crippen LogP contribution in [0.1, 0.15) is 25.3 Å². The van der Waals surface area contributed by atoms with E-state index in [0.29, 0.717) is 17.4 Å². The zero-order valence-corrected chi connectivity index (χ0v) is 12.7. The second-order valence-corrected chi connectivity index (χ2v) is 7.19. The van der Waals surface area contributed by atoms with Gasteiger partial charge in [0.15, 0.2) is 11.5 Å². The molecule has 0 saturated carbocycles. The number of rotatable bonds is 3. The number of ether oxygens (including phenoxy) is 2. The first-order valence-electron chi connectivity index (χ1n) is 6.73. The molecule has 0 saturated heterocycles. The highest BCUT2D eigenvalue weighted by molar-refractivity contribution is 7.91. The van der Waals surface area contributed by atoms with Crippen molar-refractivity contribution in [2.45, 2.75) is 29.6 Å². The second-order valence-electron chi connectivity index (χ2n) is 5.24. The van der Waals surface area contributed by atoms with E-state index in [4.69, 9.17) is 9.47 Å². The summed E-state index contributed by atoms with van der Waals surface area (Å²) in [6.45, 7) is 4.27. The van der Waals surface area contributed by atoms with Gasteiger partial charge in [-0.05, 0) is 35.7 Å². The first-order valence-corrected chi connectivity index (χ1v) is 8.21. The molecule has 110 valence electrons. The Morgan fingerprint density at radius 3 is 2.19 bits per heavy atom. The number of fused-ring (bicyclic) bond motifs is 1. The second kappa shape index (κ2) is 5.07. The van der Waals surface area contributed by atoms with Crippen molar-refractivity contribution in [2.75, 3.05) is 6.79 Å². The van der Waals surface area contributed by atoms with Crippen LogP contribution in [0.3, 0.4) is 0 Å². The predicted molar refractivity (Wildman–Crippen MR) is 78.5 cm³/mol. The lowest BCUT2D eigenvalue weighted by molar-refractivity contribution is 0.174. The summed E-state index contributed by atoms with van der Waals surface area (Å²) in [6.07, 6.45) is 0. The van der Waals surface area contributed by atoms with E-state index in [1.807, 2.05) is 12.1 Å². The molecule has 0 aliphatic carbocycles. The Bertz CT molecular complexity index is 761. The highest BCUT2D eigenvalue weighted by Gasteiger charge is 2.22. The van der Waals surface area contributed by atoms with Crippen LogP contribution in [0.4, 0.5) is 0 Å². The highest BCUT2D eigenvalue weighted by atomic mass is 32.2. The summed E-state index contributed by atoms with van der Waals surface area (Å²) in [5.41, 5.74) is 1.11. The monoisotopic (exact) mass is 304 g/mol. The van der Waals surface area contributed by atoms with E-state index < -0.39 is 9.84 Å². The first-order chi connectivity index (χ1) is 9.98. The molecular formula is C16H16O4S. The van der Waals surface area contributed by atoms with Gasteiger partial charge < -0.3 is 9.47 Å². The quantitative estimate of drug-likeness (QED) is 0.872. The molecular weight excluding hydrogens is 288 g/mol. The molecule has 0 bridgehead atoms. The van der Waals surface area contributed by atoms with Gasteiger partial charge in [-0.3, -0.25) is 0 Å². The molecule has 2 aromatic carbocycles. The van der Waals surface area contributed by atoms with E-state index in [1.165, 1.54) is 6.07 Å². The van der Waals surface area contributed by atoms with Crippen molar-refractivity contribution in [3.63, 3.8) is 0 Å². The summed E-state index contributed by atoms with van der Waals surface area (Å²) >= 11 is 0. The maximum absolute atomic E-state index is 12.6. The van der Waals surface area contributed by atoms with E-state index in [9.17, 15) is 8.42 Å². The smallest absolute Gasteiger partial charge is 0.231 e. The van der Waals surface area contributed by atoms with Crippen LogP contribution in [0.25, 0.3) is 0 Å². The minimum Gasteiger partial charge on any atom is -0.454 e. The van der Waals surface area contributed by atoms with Gasteiger partial charge in [-0.1, -0.05) is 26.0 Å². The van der Waals surface area contributed by atoms with Gasteiger partial charge in [0.2, 0.25) is 16.6 Å². The van der Waals surface area contributed by atoms with E-state index in [2.05, 4.69) is 13.8 Å². The Morgan fingerprint density at radius 2 is 1.52 bits per heavy atom. The van der Waals surface area contributed by atoms with Crippen LogP contribution in [0, 0.1) is 0 Å². The Hall–Kier alpha value is -2.01. The third-order valence-electron chi connectivity index (χ3n) is 3.51. The average molecular weight is 304 g/mol. The summed E-state index contributed by atoms with van der Waals surface area (Å²) in [5.74, 6) is 1.41. The van der Waals surface area contributed by atoms with Crippen molar-refractivity contribution < 1.29 is 17.9 Å². The summed E-state index contributed by atoms with van der Waals surface area (Å²) in [5, 5.41) is 0. The molecule has 1 aliphatic rings. The Labute approximate surface area is 124 Å². The SMILES string of the molecule is CC(C)c1ccc(S(=O)(=O)c2ccc3c(c2)OCO3)cc1. The van der Waals surface area contributed by atoms with E-state index in [1.54, 1.807) is 24.3 Å². The molecule has 0 aromatic heterocycles. The van der Waals surface area contributed by atoms with Crippen LogP contribution >= 0.6 is 0 Å². The molecule has 0 N–H and O–H groups in total. The van der Waals surface area contributed by atoms with Gasteiger partial charge >= 0.3 is 0 Å². The van der Waals surface area contributed by atoms with Crippen molar-refractivity contribution in [2.24, 2.45) is 0 Å². The normalized spacial score (nSPS) is 13.7. The molecule has 5 heteroatoms. The average Bonchev–Trinajstić information content (AvgIpc) is 2.94. The molecule has 2 aromatic rings. The van der Waals surface area contributed by atoms with Crippen LogP contribution in [0.15, 0.2) is 52.3 Å². The van der Waals surface area contributed by atoms with Gasteiger partial charge in [0.05, 0.1) is 9.79 Å². The summed E-state index contributed by atoms with van der Waals surface area (Å²) < 4.78 is 35.7. The largest absolute Gasteiger partial charge is 0.454 e. The summed E-state index contributed by atoms with van der Waals surface area (Å²) in [4.78, 5) is 0.495. The van der Waals surface area contributed by atoms with Crippen LogP contribution in [0.5, 0.6) is 11.5 Å². The molecule has 1 heterocycles. The molecule has 0 radical (unpaired) electrons. The molecule has 3 rings (SSSR count). The summed E-state index contributed by atoms with van der Waals surface area (Å²) in [7, 11) is -3.54. The zero-order chi connectivity index (χ0) is 15.0. The molecule has 0 amide bonds. The van der Waals surface area contributed by atoms with Crippen LogP contribution in [0.2, 0.25) is 0 Å². The van der Waals surface area contributed by atoms with Gasteiger partial charge in [0, 0.05) is 6.07 Å². The van der Waals surface area contributed by atoms with Crippen LogP contribution in [-0.4, -0.2) is 15.2 Å². The fourth-order valence-corrected chi connectivity index (χ4v) is 3.49. The fraction of sp³-hybridized carbons (Fsp3) is 0.250. The fourth-order valence-electron chi connectivity index (χ4n) is 2.21. The third-order valence-corrected chi connectivity index (χ3v) is 5.28. The number of sulfone groups is 1. The number of benzene rings is 2. The van der Waals surface area contributed by atoms with Crippen LogP contribution in [-0.2, 0) is 9.84 Å². The van der Waals surface area contributed by atoms with E-state index in [-0.39, 0.29) is 16.6 Å². The molecule has 0 atom stereocenters. The Balaban J connectivity index is 2.00. The zero-order valence-electron chi connectivity index (χ0n) is 11.9. The summed E-state index contributed by atoms with van der Waals surface area (Å²) in [6, 6.07) is 11.7. The molecule has 21 heavy (non-hydrogen) atoms.